The van der Waals surface area contributed by atoms with E-state index in [4.69, 9.17) is 23.2 Å². The molecular weight excluding hydrogens is 664 g/mol. The molecule has 3 N–H and O–H groups in total. The Labute approximate surface area is 293 Å². The maximum atomic E-state index is 13.9. The number of fused-ring (bicyclic) bond motifs is 2. The van der Waals surface area contributed by atoms with E-state index in [2.05, 4.69) is 63.0 Å². The fraction of sp³-hybridized carbons (Fsp3) is 0.306. The van der Waals surface area contributed by atoms with Gasteiger partial charge in [0, 0.05) is 53.7 Å². The average molecular weight is 699 g/mol. The summed E-state index contributed by atoms with van der Waals surface area (Å²) in [7, 11) is 0. The third-order valence-electron chi connectivity index (χ3n) is 9.32. The number of halogens is 3. The summed E-state index contributed by atoms with van der Waals surface area (Å²) in [5.41, 5.74) is 5.25. The van der Waals surface area contributed by atoms with Crippen LogP contribution < -0.4 is 16.0 Å². The lowest BCUT2D eigenvalue weighted by Gasteiger charge is -2.40. The largest absolute Gasteiger partial charge is 0.373 e. The number of carbonyl (C=O) groups is 1. The summed E-state index contributed by atoms with van der Waals surface area (Å²) in [6.07, 6.45) is 5.30. The second-order valence-electron chi connectivity index (χ2n) is 13.4. The lowest BCUT2D eigenvalue weighted by atomic mass is 9.94. The molecule has 2 aromatic heterocycles. The number of hydrogen-bond donors (Lipinski definition) is 3. The summed E-state index contributed by atoms with van der Waals surface area (Å²) in [6.45, 7) is 9.08. The first-order chi connectivity index (χ1) is 23.5. The number of likely N-dealkylation sites (tertiary alicyclic amines) is 1. The summed E-state index contributed by atoms with van der Waals surface area (Å²) >= 11 is 12.9. The minimum absolute atomic E-state index is 0.0580. The van der Waals surface area contributed by atoms with Gasteiger partial charge in [-0.15, -0.1) is 5.10 Å². The summed E-state index contributed by atoms with van der Waals surface area (Å²) < 4.78 is 15.9. The van der Waals surface area contributed by atoms with Crippen LogP contribution in [-0.2, 0) is 6.54 Å². The SMILES string of the molecule is CC(C)(C)N1CCC(n2cc([C@@H](Nc3cc(Cl)c4ncc(C#N)c(Nc5ccc(F)c(Cl)c5)c4c3)c3cccc4c3C(=O)NC4)nn2)CC1. The number of pyridine rings is 1. The lowest BCUT2D eigenvalue weighted by Crippen LogP contribution is -2.46. The zero-order valence-corrected chi connectivity index (χ0v) is 28.7. The topological polar surface area (TPSA) is 124 Å². The molecule has 1 saturated heterocycles. The summed E-state index contributed by atoms with van der Waals surface area (Å²) in [4.78, 5) is 20.1. The monoisotopic (exact) mass is 697 g/mol. The molecule has 1 atom stereocenters. The van der Waals surface area contributed by atoms with Crippen molar-refractivity contribution < 1.29 is 9.18 Å². The highest BCUT2D eigenvalue weighted by Crippen LogP contribution is 2.38. The molecule has 5 aromatic rings. The predicted molar refractivity (Wildman–Crippen MR) is 189 cm³/mol. The number of piperidine rings is 1. The van der Waals surface area contributed by atoms with Gasteiger partial charge in [0.15, 0.2) is 0 Å². The van der Waals surface area contributed by atoms with E-state index in [9.17, 15) is 14.4 Å². The van der Waals surface area contributed by atoms with E-state index in [1.54, 1.807) is 6.07 Å². The molecule has 0 unspecified atom stereocenters. The van der Waals surface area contributed by atoms with Gasteiger partial charge >= 0.3 is 0 Å². The summed E-state index contributed by atoms with van der Waals surface area (Å²) in [5.74, 6) is -0.704. The standard InChI is InChI=1S/C36H34Cl2FN9O/c1-36(2,3)47-11-9-24(10-12-47)48-19-30(45-46-48)34(25-6-4-5-20-17-42-35(49)31(20)25)44-23-13-26-32(43-22-7-8-29(39)27(37)14-22)21(16-40)18-41-33(26)28(38)15-23/h4-8,13-15,18-19,24,34,44H,9-12,17H2,1-3H3,(H,41,43)(H,42,49)/t34-/m0/s1. The molecule has 2 aliphatic heterocycles. The molecule has 0 radical (unpaired) electrons. The van der Waals surface area contributed by atoms with Gasteiger partial charge in [-0.05, 0) is 75.1 Å². The van der Waals surface area contributed by atoms with Crippen LogP contribution in [0.5, 0.6) is 0 Å². The molecule has 13 heteroatoms. The maximum Gasteiger partial charge on any atom is 0.252 e. The van der Waals surface area contributed by atoms with Crippen molar-refractivity contribution in [2.45, 2.75) is 57.8 Å². The van der Waals surface area contributed by atoms with Crippen LogP contribution in [0.2, 0.25) is 10.0 Å². The molecular formula is C36H34Cl2FN9O. The molecule has 49 heavy (non-hydrogen) atoms. The van der Waals surface area contributed by atoms with Crippen LogP contribution >= 0.6 is 23.2 Å². The van der Waals surface area contributed by atoms with Crippen LogP contribution in [0.15, 0.2) is 60.9 Å². The number of carbonyl (C=O) groups excluding carboxylic acids is 1. The van der Waals surface area contributed by atoms with Gasteiger partial charge in [-0.3, -0.25) is 14.7 Å². The Bertz CT molecular complexity index is 2130. The van der Waals surface area contributed by atoms with Gasteiger partial charge < -0.3 is 16.0 Å². The number of rotatable bonds is 7. The van der Waals surface area contributed by atoms with Crippen LogP contribution in [0.4, 0.5) is 21.5 Å². The smallest absolute Gasteiger partial charge is 0.252 e. The Morgan fingerprint density at radius 1 is 1.08 bits per heavy atom. The normalized spacial score (nSPS) is 15.9. The highest BCUT2D eigenvalue weighted by Gasteiger charge is 2.32. The van der Waals surface area contributed by atoms with Gasteiger partial charge in [0.2, 0.25) is 0 Å². The highest BCUT2D eigenvalue weighted by molar-refractivity contribution is 6.36. The van der Waals surface area contributed by atoms with Crippen molar-refractivity contribution in [2.24, 2.45) is 0 Å². The van der Waals surface area contributed by atoms with Gasteiger partial charge in [0.1, 0.15) is 17.6 Å². The molecule has 10 nitrogen and oxygen atoms in total. The van der Waals surface area contributed by atoms with E-state index in [1.165, 1.54) is 24.4 Å². The zero-order valence-electron chi connectivity index (χ0n) is 27.2. The van der Waals surface area contributed by atoms with E-state index in [1.807, 2.05) is 35.1 Å². The quantitative estimate of drug-likeness (QED) is 0.158. The van der Waals surface area contributed by atoms with E-state index >= 15 is 0 Å². The minimum atomic E-state index is -0.574. The molecule has 250 valence electrons. The molecule has 0 bridgehead atoms. The molecule has 3 aromatic carbocycles. The second-order valence-corrected chi connectivity index (χ2v) is 14.2. The first kappa shape index (κ1) is 32.8. The summed E-state index contributed by atoms with van der Waals surface area (Å²) in [6, 6.07) is 15.4. The number of hydrogen-bond acceptors (Lipinski definition) is 8. The van der Waals surface area contributed by atoms with Crippen molar-refractivity contribution in [1.29, 1.82) is 5.26 Å². The Balaban J connectivity index is 1.29. The van der Waals surface area contributed by atoms with Crippen LogP contribution in [-0.4, -0.2) is 49.4 Å². The number of nitriles is 1. The minimum Gasteiger partial charge on any atom is -0.373 e. The van der Waals surface area contributed by atoms with Crippen molar-refractivity contribution in [2.75, 3.05) is 23.7 Å². The fourth-order valence-corrected chi connectivity index (χ4v) is 7.16. The van der Waals surface area contributed by atoms with Gasteiger partial charge in [-0.25, -0.2) is 9.07 Å². The molecule has 0 aliphatic carbocycles. The van der Waals surface area contributed by atoms with Crippen molar-refractivity contribution in [3.63, 3.8) is 0 Å². The number of amides is 1. The first-order valence-corrected chi connectivity index (χ1v) is 16.8. The van der Waals surface area contributed by atoms with Crippen molar-refractivity contribution in [3.8, 4) is 6.07 Å². The molecule has 0 saturated carbocycles. The highest BCUT2D eigenvalue weighted by atomic mass is 35.5. The van der Waals surface area contributed by atoms with Crippen molar-refractivity contribution >= 4 is 57.1 Å². The third kappa shape index (κ3) is 6.39. The van der Waals surface area contributed by atoms with Crippen LogP contribution in [0.25, 0.3) is 10.9 Å². The molecule has 1 amide bonds. The van der Waals surface area contributed by atoms with Crippen molar-refractivity contribution in [1.82, 2.24) is 30.2 Å². The number of benzene rings is 3. The van der Waals surface area contributed by atoms with Gasteiger partial charge in [0.05, 0.1) is 45.1 Å². The van der Waals surface area contributed by atoms with Gasteiger partial charge in [-0.1, -0.05) is 46.6 Å². The second kappa shape index (κ2) is 12.9. The van der Waals surface area contributed by atoms with Crippen LogP contribution in [0.1, 0.15) is 78.4 Å². The Hall–Kier alpha value is -4.76. The zero-order chi connectivity index (χ0) is 34.4. The Morgan fingerprint density at radius 3 is 2.59 bits per heavy atom. The van der Waals surface area contributed by atoms with E-state index in [0.29, 0.717) is 50.8 Å². The van der Waals surface area contributed by atoms with Crippen LogP contribution in [0.3, 0.4) is 0 Å². The maximum absolute atomic E-state index is 13.9. The average Bonchev–Trinajstić information content (AvgIpc) is 3.73. The molecule has 7 rings (SSSR count). The number of anilines is 3. The number of aromatic nitrogens is 4. The summed E-state index contributed by atoms with van der Waals surface area (Å²) in [5, 5.41) is 29.8. The van der Waals surface area contributed by atoms with E-state index < -0.39 is 11.9 Å². The Kier molecular flexibility index (Phi) is 8.65. The van der Waals surface area contributed by atoms with E-state index in [0.717, 1.165) is 37.1 Å². The molecule has 2 aliphatic rings. The predicted octanol–water partition coefficient (Wildman–Crippen LogP) is 7.77. The first-order valence-electron chi connectivity index (χ1n) is 16.1. The number of nitrogens with one attached hydrogen (secondary N) is 3. The lowest BCUT2D eigenvalue weighted by molar-refractivity contribution is 0.0865. The molecule has 0 spiro atoms. The number of nitrogens with zero attached hydrogens (tertiary/aromatic N) is 6. The van der Waals surface area contributed by atoms with Crippen LogP contribution in [0, 0.1) is 17.1 Å². The van der Waals surface area contributed by atoms with Crippen molar-refractivity contribution in [3.05, 3.63) is 105 Å². The molecule has 1 fully saturated rings. The third-order valence-corrected chi connectivity index (χ3v) is 9.89. The Morgan fingerprint density at radius 2 is 1.86 bits per heavy atom. The fourth-order valence-electron chi connectivity index (χ4n) is 6.71. The van der Waals surface area contributed by atoms with Gasteiger partial charge in [0.25, 0.3) is 5.91 Å². The molecule has 4 heterocycles. The van der Waals surface area contributed by atoms with Gasteiger partial charge in [-0.2, -0.15) is 5.26 Å². The van der Waals surface area contributed by atoms with E-state index in [-0.39, 0.29) is 28.1 Å².